The maximum absolute atomic E-state index is 13.0. The number of thioether (sulfide) groups is 1. The highest BCUT2D eigenvalue weighted by atomic mass is 32.2. The first-order valence-electron chi connectivity index (χ1n) is 8.38. The molecular formula is C18H18F2N6OS2. The van der Waals surface area contributed by atoms with Crippen LogP contribution in [0.25, 0.3) is 0 Å². The quantitative estimate of drug-likeness (QED) is 0.232. The molecule has 0 aliphatic carbocycles. The van der Waals surface area contributed by atoms with Gasteiger partial charge in [0.25, 0.3) is 6.43 Å². The van der Waals surface area contributed by atoms with Crippen molar-refractivity contribution in [2.75, 3.05) is 18.3 Å². The second-order valence-corrected chi connectivity index (χ2v) is 7.63. The van der Waals surface area contributed by atoms with Gasteiger partial charge < -0.3 is 10.5 Å². The first kappa shape index (κ1) is 20.9. The molecule has 29 heavy (non-hydrogen) atoms. The van der Waals surface area contributed by atoms with Gasteiger partial charge in [0.1, 0.15) is 17.3 Å². The second-order valence-electron chi connectivity index (χ2n) is 5.82. The second kappa shape index (κ2) is 9.61. The number of nitrogens with one attached hydrogen (secondary N) is 1. The lowest BCUT2D eigenvalue weighted by Gasteiger charge is -2.10. The molecule has 0 spiro atoms. The Morgan fingerprint density at radius 3 is 2.83 bits per heavy atom. The number of nitrogen functional groups attached to an aromatic ring is 1. The zero-order chi connectivity index (χ0) is 20.8. The normalized spacial score (nSPS) is 11.3. The smallest absolute Gasteiger partial charge is 0.280 e. The number of ether oxygens (including phenoxy) is 1. The Bertz CT molecular complexity index is 1010. The van der Waals surface area contributed by atoms with Crippen LogP contribution in [0.2, 0.25) is 0 Å². The fourth-order valence-electron chi connectivity index (χ4n) is 2.37. The molecular weight excluding hydrogens is 418 g/mol. The van der Waals surface area contributed by atoms with Crippen LogP contribution in [-0.4, -0.2) is 28.3 Å². The fourth-order valence-corrected chi connectivity index (χ4v) is 3.81. The number of aromatic nitrogens is 3. The van der Waals surface area contributed by atoms with Gasteiger partial charge in [0, 0.05) is 22.4 Å². The minimum atomic E-state index is -2.63. The zero-order valence-electron chi connectivity index (χ0n) is 15.6. The number of benzene rings is 1. The molecule has 1 aromatic carbocycles. The van der Waals surface area contributed by atoms with Crippen molar-refractivity contribution in [2.45, 2.75) is 24.3 Å². The number of hydrogen-bond acceptors (Lipinski definition) is 9. The number of anilines is 2. The summed E-state index contributed by atoms with van der Waals surface area (Å²) in [4.78, 5) is 12.2. The first-order chi connectivity index (χ1) is 13.9. The summed E-state index contributed by atoms with van der Waals surface area (Å²) in [6.45, 7) is 1.67. The molecule has 0 unspecified atom stereocenters. The van der Waals surface area contributed by atoms with E-state index in [0.29, 0.717) is 33.3 Å². The van der Waals surface area contributed by atoms with Gasteiger partial charge in [-0.15, -0.1) is 11.3 Å². The lowest BCUT2D eigenvalue weighted by atomic mass is 10.1. The summed E-state index contributed by atoms with van der Waals surface area (Å²) < 4.78 is 31.3. The van der Waals surface area contributed by atoms with Gasteiger partial charge in [0.15, 0.2) is 5.16 Å². The van der Waals surface area contributed by atoms with Crippen LogP contribution in [0.15, 0.2) is 39.9 Å². The number of thiazole rings is 1. The van der Waals surface area contributed by atoms with Gasteiger partial charge in [-0.25, -0.2) is 23.7 Å². The van der Waals surface area contributed by atoms with Crippen LogP contribution < -0.4 is 15.9 Å². The van der Waals surface area contributed by atoms with Crippen LogP contribution >= 0.6 is 23.1 Å². The summed E-state index contributed by atoms with van der Waals surface area (Å²) in [5.41, 5.74) is 10.3. The molecule has 3 N–H and O–H groups in total. The largest absolute Gasteiger partial charge is 0.496 e. The van der Waals surface area contributed by atoms with E-state index in [-0.39, 0.29) is 5.69 Å². The summed E-state index contributed by atoms with van der Waals surface area (Å²) in [5, 5.41) is 6.75. The van der Waals surface area contributed by atoms with E-state index in [9.17, 15) is 8.78 Å². The van der Waals surface area contributed by atoms with E-state index in [1.54, 1.807) is 25.6 Å². The van der Waals surface area contributed by atoms with E-state index < -0.39 is 6.43 Å². The van der Waals surface area contributed by atoms with Crippen molar-refractivity contribution < 1.29 is 13.5 Å². The van der Waals surface area contributed by atoms with Gasteiger partial charge in [0.05, 0.1) is 13.3 Å². The molecule has 0 atom stereocenters. The Labute approximate surface area is 174 Å². The van der Waals surface area contributed by atoms with E-state index in [4.69, 9.17) is 10.5 Å². The molecule has 3 aromatic rings. The Morgan fingerprint density at radius 1 is 1.31 bits per heavy atom. The summed E-state index contributed by atoms with van der Waals surface area (Å²) in [5.74, 6) is 1.56. The molecule has 2 aromatic heterocycles. The Morgan fingerprint density at radius 2 is 2.14 bits per heavy atom. The number of rotatable bonds is 8. The number of methoxy groups -OCH3 is 1. The average molecular weight is 437 g/mol. The summed E-state index contributed by atoms with van der Waals surface area (Å²) in [6, 6.07) is 6.86. The third-order valence-electron chi connectivity index (χ3n) is 3.63. The number of nitrogens with two attached hydrogens (primary N) is 1. The number of hydrazone groups is 1. The molecule has 2 heterocycles. The van der Waals surface area contributed by atoms with Crippen LogP contribution in [0.5, 0.6) is 5.75 Å². The summed E-state index contributed by atoms with van der Waals surface area (Å²) in [7, 11) is 1.57. The number of halogens is 2. The van der Waals surface area contributed by atoms with Gasteiger partial charge in [-0.05, 0) is 36.8 Å². The topological polar surface area (TPSA) is 98.3 Å². The molecule has 152 valence electrons. The molecule has 0 amide bonds. The highest BCUT2D eigenvalue weighted by Crippen LogP contribution is 2.28. The Balaban J connectivity index is 1.72. The van der Waals surface area contributed by atoms with Crippen molar-refractivity contribution in [3.63, 3.8) is 0 Å². The maximum atomic E-state index is 13.0. The van der Waals surface area contributed by atoms with Gasteiger partial charge in [-0.2, -0.15) is 5.10 Å². The molecule has 0 saturated carbocycles. The fraction of sp³-hybridized carbons (Fsp3) is 0.222. The zero-order valence-corrected chi connectivity index (χ0v) is 17.2. The number of aryl methyl sites for hydroxylation is 1. The maximum Gasteiger partial charge on any atom is 0.280 e. The Hall–Kier alpha value is -2.79. The van der Waals surface area contributed by atoms with Crippen molar-refractivity contribution in [1.82, 2.24) is 15.0 Å². The van der Waals surface area contributed by atoms with E-state index in [1.807, 2.05) is 18.2 Å². The molecule has 0 aliphatic heterocycles. The van der Waals surface area contributed by atoms with Crippen molar-refractivity contribution in [2.24, 2.45) is 5.10 Å². The molecule has 0 bridgehead atoms. The third kappa shape index (κ3) is 5.84. The average Bonchev–Trinajstić information content (AvgIpc) is 3.11. The van der Waals surface area contributed by atoms with Crippen molar-refractivity contribution >= 4 is 40.3 Å². The lowest BCUT2D eigenvalue weighted by Crippen LogP contribution is -1.99. The van der Waals surface area contributed by atoms with Gasteiger partial charge >= 0.3 is 0 Å². The van der Waals surface area contributed by atoms with E-state index in [0.717, 1.165) is 11.1 Å². The highest BCUT2D eigenvalue weighted by molar-refractivity contribution is 7.98. The number of alkyl halides is 2. The van der Waals surface area contributed by atoms with Crippen LogP contribution in [0.3, 0.4) is 0 Å². The minimum Gasteiger partial charge on any atom is -0.496 e. The molecule has 0 fully saturated rings. The van der Waals surface area contributed by atoms with Gasteiger partial charge in [-0.3, -0.25) is 5.43 Å². The van der Waals surface area contributed by atoms with Crippen molar-refractivity contribution in [1.29, 1.82) is 0 Å². The standard InChI is InChI=1S/C18H18F2N6OS2/c1-10-5-13(16(19)20)24-17(23-10)28-8-12-6-11(3-4-14(12)27-2)7-22-26-18-25-15(21)9-29-18/h3-7,9,16H,8,21H2,1-2H3,(H,25,26). The van der Waals surface area contributed by atoms with Crippen LogP contribution in [0.4, 0.5) is 19.7 Å². The molecule has 0 saturated heterocycles. The Kier molecular flexibility index (Phi) is 6.94. The first-order valence-corrected chi connectivity index (χ1v) is 10.2. The van der Waals surface area contributed by atoms with Crippen LogP contribution in [-0.2, 0) is 5.75 Å². The predicted octanol–water partition coefficient (Wildman–Crippen LogP) is 4.51. The van der Waals surface area contributed by atoms with E-state index in [2.05, 4.69) is 25.5 Å². The van der Waals surface area contributed by atoms with Crippen molar-refractivity contribution in [3.8, 4) is 5.75 Å². The molecule has 3 rings (SSSR count). The highest BCUT2D eigenvalue weighted by Gasteiger charge is 2.13. The third-order valence-corrected chi connectivity index (χ3v) is 5.30. The molecule has 0 radical (unpaired) electrons. The van der Waals surface area contributed by atoms with Gasteiger partial charge in [-0.1, -0.05) is 11.8 Å². The summed E-state index contributed by atoms with van der Waals surface area (Å²) in [6.07, 6.45) is -0.991. The SMILES string of the molecule is COc1ccc(C=NNc2nc(N)cs2)cc1CSc1nc(C)cc(C(F)F)n1. The van der Waals surface area contributed by atoms with E-state index in [1.165, 1.54) is 29.2 Å². The molecule has 11 heteroatoms. The molecule has 7 nitrogen and oxygen atoms in total. The van der Waals surface area contributed by atoms with E-state index >= 15 is 0 Å². The van der Waals surface area contributed by atoms with Gasteiger partial charge in [0.2, 0.25) is 5.13 Å². The molecule has 0 aliphatic rings. The van der Waals surface area contributed by atoms with Crippen molar-refractivity contribution in [3.05, 3.63) is 52.2 Å². The number of hydrogen-bond donors (Lipinski definition) is 2. The van der Waals surface area contributed by atoms with Crippen LogP contribution in [0.1, 0.15) is 28.9 Å². The number of nitrogens with zero attached hydrogens (tertiary/aromatic N) is 4. The summed E-state index contributed by atoms with van der Waals surface area (Å²) >= 11 is 2.62. The predicted molar refractivity (Wildman–Crippen MR) is 112 cm³/mol. The minimum absolute atomic E-state index is 0.276. The monoisotopic (exact) mass is 436 g/mol. The lowest BCUT2D eigenvalue weighted by molar-refractivity contribution is 0.145. The van der Waals surface area contributed by atoms with Crippen LogP contribution in [0, 0.1) is 6.92 Å².